The number of nitrogens with zero attached hydrogens (tertiary/aromatic N) is 5. The second kappa shape index (κ2) is 14.3. The van der Waals surface area contributed by atoms with Crippen LogP contribution in [0, 0.1) is 0 Å². The van der Waals surface area contributed by atoms with Crippen LogP contribution in [0.3, 0.4) is 0 Å². The van der Waals surface area contributed by atoms with Gasteiger partial charge in [-0.05, 0) is 83.6 Å². The minimum absolute atomic E-state index is 0.571. The molecule has 0 aliphatic rings. The van der Waals surface area contributed by atoms with Gasteiger partial charge in [-0.15, -0.1) is 11.3 Å². The Morgan fingerprint density at radius 3 is 1.81 bits per heavy atom. The van der Waals surface area contributed by atoms with E-state index in [2.05, 4.69) is 215 Å². The van der Waals surface area contributed by atoms with Crippen molar-refractivity contribution in [2.45, 2.75) is 0 Å². The highest BCUT2D eigenvalue weighted by molar-refractivity contribution is 7.26. The van der Waals surface area contributed by atoms with Crippen molar-refractivity contribution in [1.82, 2.24) is 24.1 Å². The SMILES string of the molecule is c1ccc(-n2c3ccccc3c3cccc(-c4nc(-c5cc(-n6c7ccccc7c7cc8ccccc8cc76)c6oc7ccccc7c6c5)nc(-c5cccc6c5sc5ccccc56)n4)c32)cc1. The molecule has 0 fully saturated rings. The highest BCUT2D eigenvalue weighted by Gasteiger charge is 2.24. The number of para-hydroxylation sites is 5. The molecule has 0 saturated carbocycles. The number of fused-ring (bicyclic) bond motifs is 13. The molecule has 5 aromatic heterocycles. The van der Waals surface area contributed by atoms with Crippen molar-refractivity contribution in [3.05, 3.63) is 212 Å². The molecule has 10 aromatic carbocycles. The van der Waals surface area contributed by atoms with Gasteiger partial charge < -0.3 is 13.6 Å². The predicted molar refractivity (Wildman–Crippen MR) is 282 cm³/mol. The maximum Gasteiger partial charge on any atom is 0.166 e. The van der Waals surface area contributed by atoms with E-state index in [1.807, 2.05) is 6.07 Å². The van der Waals surface area contributed by atoms with Gasteiger partial charge >= 0.3 is 0 Å². The number of thiophene rings is 1. The highest BCUT2D eigenvalue weighted by atomic mass is 32.1. The van der Waals surface area contributed by atoms with Crippen molar-refractivity contribution >= 4 is 108 Å². The third kappa shape index (κ3) is 5.42. The molecule has 0 radical (unpaired) electrons. The van der Waals surface area contributed by atoms with Gasteiger partial charge in [0, 0.05) is 74.9 Å². The molecule has 68 heavy (non-hydrogen) atoms. The summed E-state index contributed by atoms with van der Waals surface area (Å²) in [7, 11) is 0. The number of aromatic nitrogens is 5. The fourth-order valence-electron chi connectivity index (χ4n) is 10.7. The first-order valence-electron chi connectivity index (χ1n) is 22.8. The van der Waals surface area contributed by atoms with E-state index in [4.69, 9.17) is 19.4 Å². The van der Waals surface area contributed by atoms with Crippen LogP contribution in [0.15, 0.2) is 217 Å². The Labute approximate surface area is 392 Å². The van der Waals surface area contributed by atoms with Gasteiger partial charge in [0.05, 0.1) is 27.8 Å². The van der Waals surface area contributed by atoms with Crippen LogP contribution in [0.4, 0.5) is 0 Å². The van der Waals surface area contributed by atoms with Gasteiger partial charge in [-0.1, -0.05) is 140 Å². The Balaban J connectivity index is 1.07. The lowest BCUT2D eigenvalue weighted by molar-refractivity contribution is 0.666. The summed E-state index contributed by atoms with van der Waals surface area (Å²) in [5.74, 6) is 1.78. The molecular formula is C61H35N5OS. The lowest BCUT2D eigenvalue weighted by atomic mass is 10.0. The van der Waals surface area contributed by atoms with E-state index >= 15 is 0 Å². The Kier molecular flexibility index (Phi) is 7.85. The third-order valence-corrected chi connectivity index (χ3v) is 14.9. The molecule has 6 nitrogen and oxygen atoms in total. The zero-order valence-electron chi connectivity index (χ0n) is 36.3. The van der Waals surface area contributed by atoms with Crippen LogP contribution in [-0.2, 0) is 0 Å². The molecule has 15 aromatic rings. The van der Waals surface area contributed by atoms with Crippen LogP contribution >= 0.6 is 11.3 Å². The quantitative estimate of drug-likeness (QED) is 0.173. The summed E-state index contributed by atoms with van der Waals surface area (Å²) in [6.07, 6.45) is 0. The van der Waals surface area contributed by atoms with Crippen molar-refractivity contribution in [1.29, 1.82) is 0 Å². The Morgan fingerprint density at radius 1 is 0.382 bits per heavy atom. The molecule has 0 atom stereocenters. The molecule has 0 aliphatic heterocycles. The summed E-state index contributed by atoms with van der Waals surface area (Å²) >= 11 is 1.78. The van der Waals surface area contributed by atoms with Gasteiger partial charge in [0.25, 0.3) is 0 Å². The first kappa shape index (κ1) is 37.3. The predicted octanol–water partition coefficient (Wildman–Crippen LogP) is 16.5. The molecule has 0 aliphatic carbocycles. The molecule has 5 heterocycles. The van der Waals surface area contributed by atoms with Crippen LogP contribution in [0.2, 0.25) is 0 Å². The molecule has 15 rings (SSSR count). The topological polar surface area (TPSA) is 61.7 Å². The van der Waals surface area contributed by atoms with Crippen molar-refractivity contribution < 1.29 is 4.42 Å². The smallest absolute Gasteiger partial charge is 0.166 e. The number of hydrogen-bond acceptors (Lipinski definition) is 5. The zero-order valence-corrected chi connectivity index (χ0v) is 37.1. The minimum atomic E-state index is 0.571. The Morgan fingerprint density at radius 2 is 0.985 bits per heavy atom. The van der Waals surface area contributed by atoms with E-state index in [0.29, 0.717) is 17.5 Å². The van der Waals surface area contributed by atoms with Crippen LogP contribution in [0.5, 0.6) is 0 Å². The molecule has 316 valence electrons. The fourth-order valence-corrected chi connectivity index (χ4v) is 11.9. The number of rotatable bonds is 5. The van der Waals surface area contributed by atoms with Crippen molar-refractivity contribution in [2.24, 2.45) is 0 Å². The van der Waals surface area contributed by atoms with E-state index in [-0.39, 0.29) is 0 Å². The van der Waals surface area contributed by atoms with E-state index < -0.39 is 0 Å². The number of benzene rings is 10. The first-order valence-corrected chi connectivity index (χ1v) is 23.7. The van der Waals surface area contributed by atoms with Crippen LogP contribution in [0.25, 0.3) is 142 Å². The summed E-state index contributed by atoms with van der Waals surface area (Å²) in [4.78, 5) is 16.6. The second-order valence-corrected chi connectivity index (χ2v) is 18.6. The Bertz CT molecular complexity index is 4580. The van der Waals surface area contributed by atoms with E-state index in [1.54, 1.807) is 11.3 Å². The molecule has 0 amide bonds. The average Bonchev–Trinajstić information content (AvgIpc) is 4.16. The van der Waals surface area contributed by atoms with Crippen LogP contribution in [0.1, 0.15) is 0 Å². The second-order valence-electron chi connectivity index (χ2n) is 17.5. The Hall–Kier alpha value is -8.91. The summed E-state index contributed by atoms with van der Waals surface area (Å²) in [5, 5.41) is 11.4. The van der Waals surface area contributed by atoms with Crippen molar-refractivity contribution in [2.75, 3.05) is 0 Å². The monoisotopic (exact) mass is 885 g/mol. The summed E-state index contributed by atoms with van der Waals surface area (Å²) in [6.45, 7) is 0. The summed E-state index contributed by atoms with van der Waals surface area (Å²) in [5.41, 5.74) is 10.7. The molecular weight excluding hydrogens is 851 g/mol. The molecule has 0 unspecified atom stereocenters. The molecule has 0 saturated heterocycles. The van der Waals surface area contributed by atoms with E-state index in [0.717, 1.165) is 82.2 Å². The maximum atomic E-state index is 6.90. The van der Waals surface area contributed by atoms with Crippen LogP contribution in [-0.4, -0.2) is 24.1 Å². The standard InChI is InChI=1S/C61H35N5OS/c1-2-18-39(19-3-1)65-50-28-10-6-20-40(50)44-24-14-26-46(56(44)65)60-62-59(63-61(64-60)47-27-15-25-45-43-23-9-13-31-55(43)68-58(45)47)38-33-49-42-22-8-12-30-54(42)67-57(49)53(35-38)66-51-29-11-7-21-41(51)48-32-36-16-4-5-17-37(36)34-52(48)66/h1-35H. The van der Waals surface area contributed by atoms with Crippen molar-refractivity contribution in [3.8, 4) is 45.5 Å². The minimum Gasteiger partial charge on any atom is -0.454 e. The summed E-state index contributed by atoms with van der Waals surface area (Å²) < 4.78 is 14.0. The number of furan rings is 1. The van der Waals surface area contributed by atoms with E-state index in [9.17, 15) is 0 Å². The highest BCUT2D eigenvalue weighted by Crippen LogP contribution is 2.44. The van der Waals surface area contributed by atoms with Crippen LogP contribution < -0.4 is 0 Å². The molecule has 0 spiro atoms. The molecule has 0 N–H and O–H groups in total. The van der Waals surface area contributed by atoms with Gasteiger partial charge in [-0.2, -0.15) is 0 Å². The third-order valence-electron chi connectivity index (χ3n) is 13.7. The average molecular weight is 886 g/mol. The van der Waals surface area contributed by atoms with Gasteiger partial charge in [-0.3, -0.25) is 0 Å². The summed E-state index contributed by atoms with van der Waals surface area (Å²) in [6, 6.07) is 75.4. The van der Waals surface area contributed by atoms with Gasteiger partial charge in [0.1, 0.15) is 5.58 Å². The maximum absolute atomic E-state index is 6.90. The lowest BCUT2D eigenvalue weighted by Crippen LogP contribution is -2.03. The largest absolute Gasteiger partial charge is 0.454 e. The zero-order chi connectivity index (χ0) is 44.5. The first-order chi connectivity index (χ1) is 33.7. The number of hydrogen-bond donors (Lipinski definition) is 0. The van der Waals surface area contributed by atoms with E-state index in [1.165, 1.54) is 42.4 Å². The molecule has 0 bridgehead atoms. The van der Waals surface area contributed by atoms with Gasteiger partial charge in [0.2, 0.25) is 0 Å². The molecule has 7 heteroatoms. The fraction of sp³-hybridized carbons (Fsp3) is 0. The van der Waals surface area contributed by atoms with Gasteiger partial charge in [-0.25, -0.2) is 15.0 Å². The lowest BCUT2D eigenvalue weighted by Gasteiger charge is -2.14. The van der Waals surface area contributed by atoms with Crippen molar-refractivity contribution in [3.63, 3.8) is 0 Å². The normalized spacial score (nSPS) is 12.1. The van der Waals surface area contributed by atoms with Gasteiger partial charge in [0.15, 0.2) is 23.1 Å².